The van der Waals surface area contributed by atoms with E-state index in [4.69, 9.17) is 4.74 Å². The average Bonchev–Trinajstić information content (AvgIpc) is 2.57. The standard InChI is InChI=1S/C16H20FN3O5S2/c1-26(21,22)19-12-3-2-4-13(9-12)25-14-5-6-15-16(10-14)27(23,24)18-11-20(15)8-7-17/h2-6,9-10,18-19,23-24H,7-8,11H2,1H3. The highest BCUT2D eigenvalue weighted by Crippen LogP contribution is 2.52. The van der Waals surface area contributed by atoms with Crippen molar-refractivity contribution < 1.29 is 26.7 Å². The topological polar surface area (TPSA) is 111 Å². The fourth-order valence-electron chi connectivity index (χ4n) is 2.65. The Hall–Kier alpha value is -2.05. The second-order valence-corrected chi connectivity index (χ2v) is 9.51. The lowest BCUT2D eigenvalue weighted by Crippen LogP contribution is -2.41. The van der Waals surface area contributed by atoms with Crippen LogP contribution < -0.4 is 19.1 Å². The number of benzene rings is 2. The molecule has 0 bridgehead atoms. The lowest BCUT2D eigenvalue weighted by atomic mass is 10.2. The van der Waals surface area contributed by atoms with E-state index >= 15 is 0 Å². The monoisotopic (exact) mass is 417 g/mol. The Morgan fingerprint density at radius 2 is 2.00 bits per heavy atom. The van der Waals surface area contributed by atoms with E-state index in [2.05, 4.69) is 9.44 Å². The smallest absolute Gasteiger partial charge is 0.229 e. The molecule has 0 unspecified atom stereocenters. The number of nitrogens with zero attached hydrogens (tertiary/aromatic N) is 1. The largest absolute Gasteiger partial charge is 0.457 e. The van der Waals surface area contributed by atoms with Crippen LogP contribution in [-0.4, -0.2) is 43.7 Å². The molecule has 0 saturated carbocycles. The normalized spacial score (nSPS) is 17.1. The zero-order chi connectivity index (χ0) is 19.7. The van der Waals surface area contributed by atoms with Crippen LogP contribution in [0.1, 0.15) is 0 Å². The quantitative estimate of drug-likeness (QED) is 0.571. The van der Waals surface area contributed by atoms with Crippen LogP contribution in [0, 0.1) is 0 Å². The Bertz CT molecular complexity index is 939. The highest BCUT2D eigenvalue weighted by Gasteiger charge is 2.28. The van der Waals surface area contributed by atoms with Crippen molar-refractivity contribution in [2.24, 2.45) is 0 Å². The third-order valence-corrected chi connectivity index (χ3v) is 5.84. The first kappa shape index (κ1) is 19.7. The van der Waals surface area contributed by atoms with E-state index in [-0.39, 0.29) is 18.1 Å². The molecule has 0 atom stereocenters. The molecule has 11 heteroatoms. The summed E-state index contributed by atoms with van der Waals surface area (Å²) in [6.07, 6.45) is 1.05. The van der Waals surface area contributed by atoms with Crippen molar-refractivity contribution in [3.05, 3.63) is 42.5 Å². The SMILES string of the molecule is CS(=O)(=O)Nc1cccc(Oc2ccc3c(c2)S(O)(O)NCN3CCF)c1. The molecule has 3 rings (SSSR count). The van der Waals surface area contributed by atoms with E-state index in [9.17, 15) is 21.9 Å². The summed E-state index contributed by atoms with van der Waals surface area (Å²) in [4.78, 5) is 1.87. The maximum absolute atomic E-state index is 12.7. The highest BCUT2D eigenvalue weighted by atomic mass is 32.3. The van der Waals surface area contributed by atoms with E-state index in [1.54, 1.807) is 35.2 Å². The minimum Gasteiger partial charge on any atom is -0.457 e. The number of rotatable bonds is 6. The van der Waals surface area contributed by atoms with Gasteiger partial charge in [0.05, 0.1) is 24.3 Å². The van der Waals surface area contributed by atoms with E-state index in [0.717, 1.165) is 6.26 Å². The molecule has 0 radical (unpaired) electrons. The number of nitrogens with one attached hydrogen (secondary N) is 2. The zero-order valence-electron chi connectivity index (χ0n) is 14.4. The summed E-state index contributed by atoms with van der Waals surface area (Å²) in [6, 6.07) is 11.1. The highest BCUT2D eigenvalue weighted by molar-refractivity contribution is 8.22. The minimum absolute atomic E-state index is 0.120. The van der Waals surface area contributed by atoms with Gasteiger partial charge in [0, 0.05) is 18.7 Å². The molecule has 2 aromatic rings. The van der Waals surface area contributed by atoms with Crippen molar-refractivity contribution in [2.45, 2.75) is 4.90 Å². The van der Waals surface area contributed by atoms with Crippen molar-refractivity contribution in [2.75, 3.05) is 35.8 Å². The number of anilines is 2. The number of alkyl halides is 1. The van der Waals surface area contributed by atoms with Crippen molar-refractivity contribution >= 4 is 32.2 Å². The lowest BCUT2D eigenvalue weighted by Gasteiger charge is -2.43. The molecule has 8 nitrogen and oxygen atoms in total. The number of halogens is 1. The molecule has 0 spiro atoms. The first-order valence-electron chi connectivity index (χ1n) is 7.91. The molecule has 0 fully saturated rings. The number of ether oxygens (including phenoxy) is 1. The van der Waals surface area contributed by atoms with Crippen LogP contribution in [0.3, 0.4) is 0 Å². The summed E-state index contributed by atoms with van der Waals surface area (Å²) in [5.41, 5.74) is 0.860. The molecule has 1 aliphatic rings. The number of hydrogen-bond donors (Lipinski definition) is 4. The summed E-state index contributed by atoms with van der Waals surface area (Å²) >= 11 is 0. The fourth-order valence-corrected chi connectivity index (χ4v) is 4.47. The van der Waals surface area contributed by atoms with Gasteiger partial charge >= 0.3 is 0 Å². The van der Waals surface area contributed by atoms with Gasteiger partial charge in [-0.1, -0.05) is 6.07 Å². The predicted molar refractivity (Wildman–Crippen MR) is 104 cm³/mol. The third kappa shape index (κ3) is 4.82. The summed E-state index contributed by atoms with van der Waals surface area (Å²) in [6.45, 7) is -0.327. The van der Waals surface area contributed by atoms with Crippen LogP contribution >= 0.6 is 10.8 Å². The zero-order valence-corrected chi connectivity index (χ0v) is 16.1. The Kier molecular flexibility index (Phi) is 5.49. The molecule has 4 N–H and O–H groups in total. The minimum atomic E-state index is -3.42. The van der Waals surface area contributed by atoms with Crippen LogP contribution in [0.2, 0.25) is 0 Å². The van der Waals surface area contributed by atoms with Crippen LogP contribution in [0.25, 0.3) is 0 Å². The van der Waals surface area contributed by atoms with Gasteiger partial charge in [-0.2, -0.15) is 4.72 Å². The van der Waals surface area contributed by atoms with Crippen LogP contribution in [0.15, 0.2) is 47.4 Å². The first-order valence-corrected chi connectivity index (χ1v) is 11.4. The van der Waals surface area contributed by atoms with Gasteiger partial charge in [-0.25, -0.2) is 12.8 Å². The van der Waals surface area contributed by atoms with E-state index in [1.807, 2.05) is 0 Å². The molecule has 1 heterocycles. The van der Waals surface area contributed by atoms with Crippen molar-refractivity contribution in [1.82, 2.24) is 4.72 Å². The molecular formula is C16H20FN3O5S2. The van der Waals surface area contributed by atoms with Gasteiger partial charge in [0.15, 0.2) is 0 Å². The molecule has 148 valence electrons. The van der Waals surface area contributed by atoms with Crippen molar-refractivity contribution in [3.63, 3.8) is 0 Å². The molecule has 0 saturated heterocycles. The van der Waals surface area contributed by atoms with E-state index in [1.165, 1.54) is 12.1 Å². The number of hydrogen-bond acceptors (Lipinski definition) is 7. The fraction of sp³-hybridized carbons (Fsp3) is 0.250. The number of fused-ring (bicyclic) bond motifs is 1. The van der Waals surface area contributed by atoms with E-state index in [0.29, 0.717) is 22.9 Å². The Labute approximate surface area is 158 Å². The maximum Gasteiger partial charge on any atom is 0.229 e. The second kappa shape index (κ2) is 7.52. The molecule has 2 aromatic carbocycles. The summed E-state index contributed by atoms with van der Waals surface area (Å²) < 4.78 is 66.6. The lowest BCUT2D eigenvalue weighted by molar-refractivity contribution is 0.446. The maximum atomic E-state index is 12.7. The molecule has 0 aromatic heterocycles. The average molecular weight is 417 g/mol. The third-order valence-electron chi connectivity index (χ3n) is 3.76. The predicted octanol–water partition coefficient (Wildman–Crippen LogP) is 3.21. The second-order valence-electron chi connectivity index (χ2n) is 5.94. The summed E-state index contributed by atoms with van der Waals surface area (Å²) in [5.74, 6) is 0.693. The van der Waals surface area contributed by atoms with E-state index < -0.39 is 27.5 Å². The van der Waals surface area contributed by atoms with Gasteiger partial charge in [-0.3, -0.25) is 13.8 Å². The molecule has 27 heavy (non-hydrogen) atoms. The van der Waals surface area contributed by atoms with Crippen LogP contribution in [-0.2, 0) is 10.0 Å². The summed E-state index contributed by atoms with van der Waals surface area (Å²) in [7, 11) is -6.64. The van der Waals surface area contributed by atoms with Gasteiger partial charge in [0.25, 0.3) is 0 Å². The first-order chi connectivity index (χ1) is 12.7. The molecule has 0 amide bonds. The Morgan fingerprint density at radius 3 is 2.70 bits per heavy atom. The van der Waals surface area contributed by atoms with Gasteiger partial charge < -0.3 is 9.64 Å². The van der Waals surface area contributed by atoms with Crippen LogP contribution in [0.4, 0.5) is 15.8 Å². The molecular weight excluding hydrogens is 397 g/mol. The van der Waals surface area contributed by atoms with Crippen LogP contribution in [0.5, 0.6) is 11.5 Å². The Morgan fingerprint density at radius 1 is 1.26 bits per heavy atom. The Balaban J connectivity index is 1.88. The van der Waals surface area contributed by atoms with Crippen molar-refractivity contribution in [1.29, 1.82) is 0 Å². The van der Waals surface area contributed by atoms with Gasteiger partial charge in [0.1, 0.15) is 23.1 Å². The van der Waals surface area contributed by atoms with Crippen molar-refractivity contribution in [3.8, 4) is 11.5 Å². The molecule has 0 aliphatic carbocycles. The van der Waals surface area contributed by atoms with Gasteiger partial charge in [0.2, 0.25) is 10.0 Å². The summed E-state index contributed by atoms with van der Waals surface area (Å²) in [5, 5.41) is 0. The van der Waals surface area contributed by atoms with Gasteiger partial charge in [-0.05, 0) is 24.3 Å². The number of sulfonamides is 1. The molecule has 1 aliphatic heterocycles. The van der Waals surface area contributed by atoms with Gasteiger partial charge in [-0.15, -0.1) is 10.8 Å².